The van der Waals surface area contributed by atoms with Gasteiger partial charge in [-0.3, -0.25) is 4.79 Å². The monoisotopic (exact) mass is 272 g/mol. The summed E-state index contributed by atoms with van der Waals surface area (Å²) in [6.07, 6.45) is 8.88. The van der Waals surface area contributed by atoms with Gasteiger partial charge in [-0.25, -0.2) is 4.98 Å². The molecule has 5 heteroatoms. The molecule has 2 heterocycles. The second-order valence-corrected chi connectivity index (χ2v) is 5.01. The standard InChI is InChI=1S/C15H20N4O/c1-2-7-17-15(20)12(10-16)9-13-11-19-8-5-3-4-6-14(19)18-13/h9,11H,2-8H2,1H3,(H,17,20)/b12-9-. The summed E-state index contributed by atoms with van der Waals surface area (Å²) in [6.45, 7) is 3.53. The van der Waals surface area contributed by atoms with Gasteiger partial charge < -0.3 is 9.88 Å². The largest absolute Gasteiger partial charge is 0.351 e. The van der Waals surface area contributed by atoms with Gasteiger partial charge in [0.2, 0.25) is 0 Å². The first kappa shape index (κ1) is 14.3. The smallest absolute Gasteiger partial charge is 0.262 e. The fourth-order valence-electron chi connectivity index (χ4n) is 2.31. The third-order valence-electron chi connectivity index (χ3n) is 3.37. The molecule has 1 N–H and O–H groups in total. The molecule has 1 aromatic rings. The van der Waals surface area contributed by atoms with Gasteiger partial charge in [0.1, 0.15) is 17.5 Å². The van der Waals surface area contributed by atoms with Crippen LogP contribution in [0.1, 0.15) is 44.1 Å². The summed E-state index contributed by atoms with van der Waals surface area (Å²) in [7, 11) is 0. The molecular weight excluding hydrogens is 252 g/mol. The highest BCUT2D eigenvalue weighted by molar-refractivity contribution is 6.01. The summed E-state index contributed by atoms with van der Waals surface area (Å²) in [4.78, 5) is 16.3. The minimum atomic E-state index is -0.322. The third kappa shape index (κ3) is 3.47. The summed E-state index contributed by atoms with van der Waals surface area (Å²) in [5.41, 5.74) is 0.816. The zero-order valence-electron chi connectivity index (χ0n) is 11.9. The van der Waals surface area contributed by atoms with Crippen molar-refractivity contribution in [2.45, 2.75) is 45.6 Å². The van der Waals surface area contributed by atoms with Gasteiger partial charge in [-0.1, -0.05) is 13.3 Å². The predicted molar refractivity (Wildman–Crippen MR) is 76.7 cm³/mol. The van der Waals surface area contributed by atoms with Crippen molar-refractivity contribution < 1.29 is 4.79 Å². The predicted octanol–water partition coefficient (Wildman–Crippen LogP) is 2.04. The molecule has 0 atom stereocenters. The van der Waals surface area contributed by atoms with Gasteiger partial charge in [-0.05, 0) is 25.3 Å². The van der Waals surface area contributed by atoms with Crippen molar-refractivity contribution in [2.75, 3.05) is 6.54 Å². The lowest BCUT2D eigenvalue weighted by Gasteiger charge is -2.00. The molecule has 0 radical (unpaired) electrons. The molecule has 0 saturated heterocycles. The van der Waals surface area contributed by atoms with Crippen LogP contribution in [0.5, 0.6) is 0 Å². The Morgan fingerprint density at radius 1 is 1.55 bits per heavy atom. The van der Waals surface area contributed by atoms with Gasteiger partial charge in [-0.2, -0.15) is 5.26 Å². The van der Waals surface area contributed by atoms with E-state index in [0.29, 0.717) is 12.2 Å². The topological polar surface area (TPSA) is 70.7 Å². The number of carbonyl (C=O) groups excluding carboxylic acids is 1. The van der Waals surface area contributed by atoms with E-state index >= 15 is 0 Å². The van der Waals surface area contributed by atoms with Crippen LogP contribution in [0.15, 0.2) is 11.8 Å². The molecule has 5 nitrogen and oxygen atoms in total. The van der Waals surface area contributed by atoms with Crippen LogP contribution in [-0.2, 0) is 17.8 Å². The van der Waals surface area contributed by atoms with Gasteiger partial charge in [0, 0.05) is 25.7 Å². The fraction of sp³-hybridized carbons (Fsp3) is 0.533. The Kier molecular flexibility index (Phi) is 4.94. The quantitative estimate of drug-likeness (QED) is 0.673. The molecule has 1 aliphatic heterocycles. The first-order valence-electron chi connectivity index (χ1n) is 7.20. The molecule has 0 bridgehead atoms. The lowest BCUT2D eigenvalue weighted by atomic mass is 10.2. The average Bonchev–Trinajstić information content (AvgIpc) is 2.71. The molecule has 0 saturated carbocycles. The number of amides is 1. The number of fused-ring (bicyclic) bond motifs is 1. The van der Waals surface area contributed by atoms with Crippen molar-refractivity contribution in [1.82, 2.24) is 14.9 Å². The molecule has 106 valence electrons. The molecule has 1 aliphatic rings. The molecular formula is C15H20N4O. The number of rotatable bonds is 4. The van der Waals surface area contributed by atoms with Crippen molar-refractivity contribution >= 4 is 12.0 Å². The number of aromatic nitrogens is 2. The summed E-state index contributed by atoms with van der Waals surface area (Å²) >= 11 is 0. The van der Waals surface area contributed by atoms with Crippen LogP contribution in [0, 0.1) is 11.3 Å². The Labute approximate surface area is 119 Å². The van der Waals surface area contributed by atoms with Crippen LogP contribution in [0.4, 0.5) is 0 Å². The van der Waals surface area contributed by atoms with Gasteiger partial charge in [-0.15, -0.1) is 0 Å². The van der Waals surface area contributed by atoms with Crippen molar-refractivity contribution in [3.63, 3.8) is 0 Å². The van der Waals surface area contributed by atoms with E-state index < -0.39 is 0 Å². The number of imidazole rings is 1. The SMILES string of the molecule is CCCNC(=O)/C(C#N)=C\c1cn2c(n1)CCCCC2. The zero-order valence-corrected chi connectivity index (χ0v) is 11.9. The molecule has 1 aromatic heterocycles. The number of hydrogen-bond donors (Lipinski definition) is 1. The maximum absolute atomic E-state index is 11.8. The molecule has 0 aliphatic carbocycles. The Morgan fingerprint density at radius 2 is 2.40 bits per heavy atom. The number of carbonyl (C=O) groups is 1. The maximum atomic E-state index is 11.8. The van der Waals surface area contributed by atoms with E-state index in [4.69, 9.17) is 5.26 Å². The van der Waals surface area contributed by atoms with E-state index in [1.165, 1.54) is 6.42 Å². The lowest BCUT2D eigenvalue weighted by molar-refractivity contribution is -0.117. The molecule has 0 unspecified atom stereocenters. The summed E-state index contributed by atoms with van der Waals surface area (Å²) in [5.74, 6) is 0.734. The summed E-state index contributed by atoms with van der Waals surface area (Å²) in [5, 5.41) is 11.8. The molecule has 1 amide bonds. The van der Waals surface area contributed by atoms with Crippen molar-refractivity contribution in [2.24, 2.45) is 0 Å². The van der Waals surface area contributed by atoms with Crippen LogP contribution >= 0.6 is 0 Å². The van der Waals surface area contributed by atoms with Crippen LogP contribution < -0.4 is 5.32 Å². The van der Waals surface area contributed by atoms with Crippen LogP contribution in [0.3, 0.4) is 0 Å². The lowest BCUT2D eigenvalue weighted by Crippen LogP contribution is -2.25. The van der Waals surface area contributed by atoms with E-state index in [0.717, 1.165) is 38.1 Å². The van der Waals surface area contributed by atoms with Gasteiger partial charge >= 0.3 is 0 Å². The maximum Gasteiger partial charge on any atom is 0.262 e. The van der Waals surface area contributed by atoms with E-state index in [2.05, 4.69) is 14.9 Å². The summed E-state index contributed by atoms with van der Waals surface area (Å²) in [6, 6.07) is 1.95. The average molecular weight is 272 g/mol. The highest BCUT2D eigenvalue weighted by Gasteiger charge is 2.13. The number of nitrogens with zero attached hydrogens (tertiary/aromatic N) is 3. The Morgan fingerprint density at radius 3 is 3.15 bits per heavy atom. The van der Waals surface area contributed by atoms with Crippen LogP contribution in [0.2, 0.25) is 0 Å². The molecule has 0 fully saturated rings. The minimum absolute atomic E-state index is 0.117. The van der Waals surface area contributed by atoms with Gasteiger partial charge in [0.05, 0.1) is 5.69 Å². The fourth-order valence-corrected chi connectivity index (χ4v) is 2.31. The Hall–Kier alpha value is -2.09. The molecule has 0 spiro atoms. The van der Waals surface area contributed by atoms with Crippen molar-refractivity contribution in [3.05, 3.63) is 23.3 Å². The zero-order chi connectivity index (χ0) is 14.4. The van der Waals surface area contributed by atoms with E-state index in [9.17, 15) is 4.79 Å². The second kappa shape index (κ2) is 6.90. The molecule has 2 rings (SSSR count). The van der Waals surface area contributed by atoms with E-state index in [1.54, 1.807) is 6.08 Å². The number of nitriles is 1. The number of hydrogen-bond acceptors (Lipinski definition) is 3. The minimum Gasteiger partial charge on any atom is -0.351 e. The Bertz CT molecular complexity index is 527. The normalized spacial score (nSPS) is 15.1. The molecule has 0 aromatic carbocycles. The van der Waals surface area contributed by atoms with Crippen LogP contribution in [-0.4, -0.2) is 22.0 Å². The Balaban J connectivity index is 2.16. The first-order valence-corrected chi connectivity index (χ1v) is 7.20. The summed E-state index contributed by atoms with van der Waals surface area (Å²) < 4.78 is 2.14. The second-order valence-electron chi connectivity index (χ2n) is 5.01. The number of aryl methyl sites for hydroxylation is 2. The van der Waals surface area contributed by atoms with Crippen LogP contribution in [0.25, 0.3) is 6.08 Å². The van der Waals surface area contributed by atoms with E-state index in [-0.39, 0.29) is 11.5 Å². The van der Waals surface area contributed by atoms with Gasteiger partial charge in [0.15, 0.2) is 0 Å². The van der Waals surface area contributed by atoms with Gasteiger partial charge in [0.25, 0.3) is 5.91 Å². The third-order valence-corrected chi connectivity index (χ3v) is 3.37. The van der Waals surface area contributed by atoms with Crippen molar-refractivity contribution in [1.29, 1.82) is 5.26 Å². The number of nitrogens with one attached hydrogen (secondary N) is 1. The first-order chi connectivity index (χ1) is 9.74. The van der Waals surface area contributed by atoms with Crippen molar-refractivity contribution in [3.8, 4) is 6.07 Å². The molecule has 20 heavy (non-hydrogen) atoms. The highest BCUT2D eigenvalue weighted by atomic mass is 16.1. The van der Waals surface area contributed by atoms with E-state index in [1.807, 2.05) is 19.2 Å². The highest BCUT2D eigenvalue weighted by Crippen LogP contribution is 2.16.